The van der Waals surface area contributed by atoms with Crippen molar-refractivity contribution in [3.05, 3.63) is 102 Å². The number of nitrogens with one attached hydrogen (secondary N) is 12. The number of phosphoric ester groups is 1. The summed E-state index contributed by atoms with van der Waals surface area (Å²) in [5.41, 5.74) is 1.59. The zero-order chi connectivity index (χ0) is 107. The first-order valence-electron chi connectivity index (χ1n) is 48.3. The van der Waals surface area contributed by atoms with E-state index in [4.69, 9.17) is 52.0 Å². The molecule has 16 N–H and O–H groups in total. The van der Waals surface area contributed by atoms with Crippen LogP contribution in [0.15, 0.2) is 84.9 Å². The number of cyclic esters (lactones) is 1. The van der Waals surface area contributed by atoms with Gasteiger partial charge in [0.1, 0.15) is 42.4 Å². The molecule has 48 nitrogen and oxygen atoms in total. The van der Waals surface area contributed by atoms with Gasteiger partial charge in [-0.1, -0.05) is 135 Å². The fraction of sp³-hybridized carbons (Fsp3) is 0.632. The van der Waals surface area contributed by atoms with Crippen LogP contribution in [0.3, 0.4) is 0 Å². The Kier molecular flexibility index (Phi) is 52.4. The topological polar surface area (TPSA) is 646 Å². The average molecular weight is 2090 g/mol. The Bertz CT molecular complexity index is 4870. The maximum atomic E-state index is 14.7. The van der Waals surface area contributed by atoms with Crippen LogP contribution in [-0.2, 0) is 146 Å². The number of aliphatic hydroxyl groups excluding tert-OH is 1. The molecular formula is C95H146N16O32P2. The summed E-state index contributed by atoms with van der Waals surface area (Å²) in [7, 11) is -1.21. The van der Waals surface area contributed by atoms with Crippen molar-refractivity contribution in [2.45, 2.75) is 212 Å². The Morgan fingerprint density at radius 2 is 1.18 bits per heavy atom. The quantitative estimate of drug-likeness (QED) is 0.0140. The number of aliphatic hydroxyl groups is 1. The molecule has 17 atom stereocenters. The Hall–Kier alpha value is -11.2. The highest BCUT2D eigenvalue weighted by Crippen LogP contribution is 2.50. The maximum Gasteiger partial charge on any atom is 0.473 e. The van der Waals surface area contributed by atoms with E-state index in [0.29, 0.717) is 42.5 Å². The van der Waals surface area contributed by atoms with Crippen molar-refractivity contribution in [1.29, 1.82) is 0 Å². The van der Waals surface area contributed by atoms with Crippen molar-refractivity contribution in [3.8, 4) is 0 Å². The van der Waals surface area contributed by atoms with Crippen molar-refractivity contribution in [3.63, 3.8) is 0 Å². The van der Waals surface area contributed by atoms with Gasteiger partial charge in [0.05, 0.1) is 154 Å². The van der Waals surface area contributed by atoms with Crippen LogP contribution in [-0.4, -0.2) is 359 Å². The molecule has 3 aliphatic heterocycles. The van der Waals surface area contributed by atoms with Crippen LogP contribution in [0.4, 0.5) is 5.69 Å². The standard InChI is InChI=1S/C95H146N16O32P2/c1-15-59(6)84(109(12)94(128)82(57(2)3)107-92(126)83(58(4)5)108(10)11)73(135-13)50-80(119)110-36-22-27-71(110)85(136-14)61(8)87(121)101-62(9)86(65-25-20-17-21-26-65)143-145(133,134)142-56-64-28-30-66(31-29-64)102-78(117)54-100-88(122)68(48-63-23-18-16-19-24-63)105-79(118)53-98-77(116)52-99-89(123)70(55-112)106-90(124)69(49-76(115)103-67-32-38-141-95(67)129)104-75(114)33-37-137-40-42-139-44-45-140-43-41-138-39-35-96-91(125)72(111-81(120)47-60(7)93(111)127)51-97-74(113)34-46-144(130,131)132/h16-21,23-26,28-31,57-62,67-73,82-86,112H,15,22,27,32-56H2,1-14H3,(H,96,125)(H,97,113)(H,98,116)(H,99,123)(H,100,122)(H,101,121)(H,102,117)(H,103,115)(H,104,114)(H,105,118)(H,106,124)(H,107,126)(H,133,134)(H2,130,131,132)/t59-,60?,61+,62+,67-,68-,69-,70-,71-,72-,73+,82-,83-,84-,85+,86+/m0/s1. The second-order valence-electron chi connectivity index (χ2n) is 36.5. The van der Waals surface area contributed by atoms with Crippen LogP contribution in [0.5, 0.6) is 0 Å². The number of likely N-dealkylation sites (N-methyl/N-ethyl adjacent to an activating group) is 2. The van der Waals surface area contributed by atoms with Gasteiger partial charge in [0.25, 0.3) is 0 Å². The van der Waals surface area contributed by atoms with Crippen LogP contribution in [0.1, 0.15) is 143 Å². The largest absolute Gasteiger partial charge is 0.473 e. The van der Waals surface area contributed by atoms with Crippen LogP contribution in [0.2, 0.25) is 0 Å². The molecule has 0 bridgehead atoms. The van der Waals surface area contributed by atoms with E-state index < -0.39 is 247 Å². The summed E-state index contributed by atoms with van der Waals surface area (Å²) in [6.45, 7) is 12.7. The molecule has 0 spiro atoms. The molecule has 50 heteroatoms. The lowest BCUT2D eigenvalue weighted by atomic mass is 9.89. The van der Waals surface area contributed by atoms with Crippen molar-refractivity contribution in [1.82, 2.24) is 78.1 Å². The summed E-state index contributed by atoms with van der Waals surface area (Å²) >= 11 is 0. The van der Waals surface area contributed by atoms with Crippen LogP contribution < -0.4 is 63.8 Å². The van der Waals surface area contributed by atoms with E-state index in [9.17, 15) is 101 Å². The van der Waals surface area contributed by atoms with Crippen LogP contribution in [0.25, 0.3) is 0 Å². The molecule has 145 heavy (non-hydrogen) atoms. The zero-order valence-corrected chi connectivity index (χ0v) is 86.5. The van der Waals surface area contributed by atoms with E-state index in [2.05, 4.69) is 63.8 Å². The molecule has 3 saturated heterocycles. The minimum atomic E-state index is -4.98. The van der Waals surface area contributed by atoms with Crippen LogP contribution >= 0.6 is 15.4 Å². The highest BCUT2D eigenvalue weighted by Gasteiger charge is 2.47. The van der Waals surface area contributed by atoms with Gasteiger partial charge in [-0.15, -0.1) is 0 Å². The molecule has 3 fully saturated rings. The number of phosphoric acid groups is 1. The molecule has 0 aliphatic carbocycles. The summed E-state index contributed by atoms with van der Waals surface area (Å²) in [6, 6.07) is 12.0. The maximum absolute atomic E-state index is 14.7. The lowest BCUT2D eigenvalue weighted by Gasteiger charge is -2.41. The first-order valence-corrected chi connectivity index (χ1v) is 51.6. The molecule has 0 aromatic heterocycles. The van der Waals surface area contributed by atoms with E-state index >= 15 is 0 Å². The Labute approximate surface area is 843 Å². The molecule has 3 aromatic rings. The SMILES string of the molecule is CC[C@H](C)[C@@H]([C@@H](CC(=O)N1CCC[C@H]1[C@H](OC)[C@@H](C)C(=O)N[C@H](C)[C@@H](OP(=O)(O)OCc1ccc(NC(=O)CNC(=O)[C@H](Cc2ccccc2)NC(=O)CNC(=O)CNC(=O)[C@H](CO)NC(=O)[C@H](CC(=O)N[C@H]2CCOC2=O)NC(=O)CCOCCOCCOCCOCCNC(=O)[C@H](CNC(=O)CCP(=O)(O)O)N2C(=O)CC(C)C2=O)cc1)c1ccccc1)OC)N(C)C(=O)[C@@H](NC(=O)[C@H](C(C)C)N(C)C)C(C)C. The number of carbonyl (C=O) groups excluding carboxylic acids is 17. The third kappa shape index (κ3) is 41.6. The molecule has 808 valence electrons. The number of hydrogen-bond donors (Lipinski definition) is 16. The van der Waals surface area contributed by atoms with Gasteiger partial charge in [-0.25, -0.2) is 9.36 Å². The minimum Gasteiger partial charge on any atom is -0.464 e. The highest BCUT2D eigenvalue weighted by atomic mass is 31.2. The fourth-order valence-corrected chi connectivity index (χ4v) is 18.0. The Morgan fingerprint density at radius 1 is 0.579 bits per heavy atom. The molecule has 2 unspecified atom stereocenters. The minimum absolute atomic E-state index is 0.00581. The van der Waals surface area contributed by atoms with E-state index in [1.165, 1.54) is 45.4 Å². The lowest BCUT2D eigenvalue weighted by Crippen LogP contribution is -2.59. The third-order valence-corrected chi connectivity index (χ3v) is 26.2. The molecule has 3 aliphatic rings. The molecule has 6 rings (SSSR count). The number of rotatable bonds is 66. The number of imide groups is 1. The first-order chi connectivity index (χ1) is 68.7. The number of carbonyl (C=O) groups is 17. The second kappa shape index (κ2) is 62.1. The molecule has 3 aromatic carbocycles. The first kappa shape index (κ1) is 122. The number of methoxy groups -OCH3 is 2. The van der Waals surface area contributed by atoms with Gasteiger partial charge in [-0.3, -0.25) is 100 Å². The number of esters is 1. The predicted molar refractivity (Wildman–Crippen MR) is 522 cm³/mol. The average Bonchev–Trinajstić information content (AvgIpc) is 1.67. The van der Waals surface area contributed by atoms with Gasteiger partial charge < -0.3 is 127 Å². The molecule has 0 radical (unpaired) electrons. The van der Waals surface area contributed by atoms with Gasteiger partial charge in [0.2, 0.25) is 94.5 Å². The summed E-state index contributed by atoms with van der Waals surface area (Å²) < 4.78 is 75.5. The number of ether oxygens (including phenoxy) is 7. The number of hydrogen-bond acceptors (Lipinski definition) is 30. The van der Waals surface area contributed by atoms with Gasteiger partial charge in [0.15, 0.2) is 0 Å². The normalized spacial score (nSPS) is 17.9. The van der Waals surface area contributed by atoms with Gasteiger partial charge >= 0.3 is 21.4 Å². The lowest BCUT2D eigenvalue weighted by molar-refractivity contribution is -0.148. The van der Waals surface area contributed by atoms with Crippen molar-refractivity contribution >= 4 is 122 Å². The number of amides is 16. The number of benzene rings is 3. The van der Waals surface area contributed by atoms with Gasteiger partial charge in [0, 0.05) is 84.6 Å². The molecule has 0 saturated carbocycles. The third-order valence-electron chi connectivity index (χ3n) is 24.4. The summed E-state index contributed by atoms with van der Waals surface area (Å²) in [5.74, 6) is -14.3. The molecule has 16 amide bonds. The van der Waals surface area contributed by atoms with Crippen molar-refractivity contribution in [2.24, 2.45) is 29.6 Å². The fourth-order valence-electron chi connectivity index (χ4n) is 16.6. The van der Waals surface area contributed by atoms with Crippen molar-refractivity contribution < 1.29 is 153 Å². The van der Waals surface area contributed by atoms with E-state index in [1.54, 1.807) is 91.4 Å². The smallest absolute Gasteiger partial charge is 0.464 e. The second-order valence-corrected chi connectivity index (χ2v) is 39.7. The van der Waals surface area contributed by atoms with E-state index in [-0.39, 0.29) is 139 Å². The molecular weight excluding hydrogens is 1940 g/mol. The summed E-state index contributed by atoms with van der Waals surface area (Å²) in [5, 5.41) is 40.2. The van der Waals surface area contributed by atoms with Crippen molar-refractivity contribution in [2.75, 3.05) is 152 Å². The van der Waals surface area contributed by atoms with E-state index in [0.717, 1.165) is 4.90 Å². The van der Waals surface area contributed by atoms with Gasteiger partial charge in [-0.05, 0) is 80.4 Å². The zero-order valence-electron chi connectivity index (χ0n) is 84.7. The monoisotopic (exact) mass is 2080 g/mol. The van der Waals surface area contributed by atoms with Crippen LogP contribution in [0, 0.1) is 29.6 Å². The number of nitrogens with zero attached hydrogens (tertiary/aromatic N) is 4. The highest BCUT2D eigenvalue weighted by molar-refractivity contribution is 7.51. The number of likely N-dealkylation sites (tertiary alicyclic amines) is 2. The summed E-state index contributed by atoms with van der Waals surface area (Å²) in [4.78, 5) is 263. The number of anilines is 1. The summed E-state index contributed by atoms with van der Waals surface area (Å²) in [6.07, 6.45) is -3.78. The van der Waals surface area contributed by atoms with E-state index in [1.807, 2.05) is 60.5 Å². The Balaban J connectivity index is 0.924. The van der Waals surface area contributed by atoms with Gasteiger partial charge in [-0.2, -0.15) is 0 Å². The molecule has 3 heterocycles. The predicted octanol–water partition coefficient (Wildman–Crippen LogP) is -0.968. The Morgan fingerprint density at radius 3 is 1.74 bits per heavy atom.